The van der Waals surface area contributed by atoms with Gasteiger partial charge in [-0.3, -0.25) is 0 Å². The molecule has 0 saturated carbocycles. The smallest absolute Gasteiger partial charge is 0.337 e. The standard InChI is InChI=1S/C25H44O8Si/c1-16(14-33-34(9,10)25(3,4)5)23(17(2)21(26)22(27)24(28)31-8)32-15-18-11-12-19(29-6)20(13-18)30-7/h11-13,16-17,21-23,26-27H,14-15H2,1-10H3/t16-,17+,21-,22+,23+/m1/s1. The van der Waals surface area contributed by atoms with E-state index in [1.807, 2.05) is 19.1 Å². The van der Waals surface area contributed by atoms with Gasteiger partial charge in [0.05, 0.1) is 40.1 Å². The highest BCUT2D eigenvalue weighted by molar-refractivity contribution is 6.74. The number of benzene rings is 1. The number of carbonyl (C=O) groups excluding carboxylic acids is 1. The Hall–Kier alpha value is -1.65. The normalized spacial score (nSPS) is 16.8. The van der Waals surface area contributed by atoms with Crippen LogP contribution in [0.3, 0.4) is 0 Å². The number of methoxy groups -OCH3 is 3. The molecule has 0 bridgehead atoms. The van der Waals surface area contributed by atoms with Crippen molar-refractivity contribution in [3.05, 3.63) is 23.8 Å². The van der Waals surface area contributed by atoms with Crippen molar-refractivity contribution in [1.82, 2.24) is 0 Å². The third-order valence-corrected chi connectivity index (χ3v) is 11.3. The maximum absolute atomic E-state index is 11.8. The quantitative estimate of drug-likeness (QED) is 0.312. The second-order valence-corrected chi connectivity index (χ2v) is 15.1. The maximum atomic E-state index is 11.8. The molecule has 0 aromatic heterocycles. The molecular formula is C25H44O8Si. The fraction of sp³-hybridized carbons (Fsp3) is 0.720. The summed E-state index contributed by atoms with van der Waals surface area (Å²) < 4.78 is 27.9. The molecule has 1 aromatic carbocycles. The molecule has 0 saturated heterocycles. The first-order valence-electron chi connectivity index (χ1n) is 11.6. The van der Waals surface area contributed by atoms with E-state index in [2.05, 4.69) is 38.6 Å². The lowest BCUT2D eigenvalue weighted by Gasteiger charge is -2.39. The lowest BCUT2D eigenvalue weighted by atomic mass is 9.87. The van der Waals surface area contributed by atoms with Gasteiger partial charge in [-0.2, -0.15) is 0 Å². The Morgan fingerprint density at radius 1 is 1.03 bits per heavy atom. The van der Waals surface area contributed by atoms with Gasteiger partial charge in [0, 0.05) is 18.4 Å². The van der Waals surface area contributed by atoms with Crippen molar-refractivity contribution >= 4 is 14.3 Å². The van der Waals surface area contributed by atoms with E-state index in [4.69, 9.17) is 18.6 Å². The molecule has 2 N–H and O–H groups in total. The summed E-state index contributed by atoms with van der Waals surface area (Å²) in [5.74, 6) is -0.383. The lowest BCUT2D eigenvalue weighted by Crippen LogP contribution is -2.48. The molecule has 0 amide bonds. The number of esters is 1. The fourth-order valence-electron chi connectivity index (χ4n) is 3.39. The third kappa shape index (κ3) is 7.95. The zero-order chi connectivity index (χ0) is 26.3. The number of ether oxygens (including phenoxy) is 4. The van der Waals surface area contributed by atoms with Gasteiger partial charge in [0.15, 0.2) is 25.9 Å². The summed E-state index contributed by atoms with van der Waals surface area (Å²) >= 11 is 0. The van der Waals surface area contributed by atoms with Gasteiger partial charge in [-0.15, -0.1) is 0 Å². The van der Waals surface area contributed by atoms with Crippen molar-refractivity contribution in [3.63, 3.8) is 0 Å². The van der Waals surface area contributed by atoms with Crippen LogP contribution >= 0.6 is 0 Å². The van der Waals surface area contributed by atoms with Crippen molar-refractivity contribution in [1.29, 1.82) is 0 Å². The molecule has 0 aliphatic carbocycles. The average molecular weight is 501 g/mol. The van der Waals surface area contributed by atoms with Crippen LogP contribution in [0.4, 0.5) is 0 Å². The van der Waals surface area contributed by atoms with Crippen molar-refractivity contribution in [2.75, 3.05) is 27.9 Å². The van der Waals surface area contributed by atoms with Gasteiger partial charge in [-0.1, -0.05) is 40.7 Å². The van der Waals surface area contributed by atoms with Crippen LogP contribution in [0.15, 0.2) is 18.2 Å². The summed E-state index contributed by atoms with van der Waals surface area (Å²) in [6.07, 6.45) is -3.54. The van der Waals surface area contributed by atoms with Crippen LogP contribution in [-0.2, 0) is 25.3 Å². The Labute approximate surface area is 205 Å². The average Bonchev–Trinajstić information content (AvgIpc) is 2.80. The fourth-order valence-corrected chi connectivity index (χ4v) is 4.50. The van der Waals surface area contributed by atoms with Crippen LogP contribution in [0.1, 0.15) is 40.2 Å². The van der Waals surface area contributed by atoms with E-state index in [0.29, 0.717) is 18.1 Å². The van der Waals surface area contributed by atoms with Gasteiger partial charge in [0.1, 0.15) is 0 Å². The van der Waals surface area contributed by atoms with Crippen LogP contribution in [0.25, 0.3) is 0 Å². The summed E-state index contributed by atoms with van der Waals surface area (Å²) in [5, 5.41) is 21.0. The minimum Gasteiger partial charge on any atom is -0.493 e. The number of aliphatic hydroxyl groups is 2. The highest BCUT2D eigenvalue weighted by Gasteiger charge is 2.40. The molecule has 8 nitrogen and oxygen atoms in total. The monoisotopic (exact) mass is 500 g/mol. The van der Waals surface area contributed by atoms with E-state index in [-0.39, 0.29) is 17.6 Å². The van der Waals surface area contributed by atoms with E-state index in [9.17, 15) is 15.0 Å². The van der Waals surface area contributed by atoms with Crippen molar-refractivity contribution in [3.8, 4) is 11.5 Å². The lowest BCUT2D eigenvalue weighted by molar-refractivity contribution is -0.163. The second kappa shape index (κ2) is 12.9. The van der Waals surface area contributed by atoms with Crippen LogP contribution in [0.2, 0.25) is 18.1 Å². The summed E-state index contributed by atoms with van der Waals surface area (Å²) in [7, 11) is 2.31. The maximum Gasteiger partial charge on any atom is 0.337 e. The molecule has 1 aromatic rings. The molecule has 0 spiro atoms. The van der Waals surface area contributed by atoms with Gasteiger partial charge in [-0.25, -0.2) is 4.79 Å². The minimum atomic E-state index is -2.00. The first-order chi connectivity index (χ1) is 15.7. The molecule has 34 heavy (non-hydrogen) atoms. The van der Waals surface area contributed by atoms with Gasteiger partial charge < -0.3 is 33.6 Å². The van der Waals surface area contributed by atoms with E-state index < -0.39 is 38.5 Å². The Morgan fingerprint density at radius 2 is 1.62 bits per heavy atom. The third-order valence-electron chi connectivity index (χ3n) is 6.79. The molecule has 0 heterocycles. The molecule has 0 fully saturated rings. The Bertz CT molecular complexity index is 777. The molecule has 5 atom stereocenters. The molecule has 9 heteroatoms. The zero-order valence-electron chi connectivity index (χ0n) is 22.4. The van der Waals surface area contributed by atoms with Gasteiger partial charge in [0.25, 0.3) is 0 Å². The predicted molar refractivity (Wildman–Crippen MR) is 134 cm³/mol. The van der Waals surface area contributed by atoms with Gasteiger partial charge in [0.2, 0.25) is 0 Å². The van der Waals surface area contributed by atoms with Crippen molar-refractivity contribution in [2.45, 2.75) is 77.7 Å². The molecule has 0 unspecified atom stereocenters. The van der Waals surface area contributed by atoms with Gasteiger partial charge in [-0.05, 0) is 35.8 Å². The Balaban J connectivity index is 3.10. The number of carbonyl (C=O) groups is 1. The zero-order valence-corrected chi connectivity index (χ0v) is 23.4. The largest absolute Gasteiger partial charge is 0.493 e. The summed E-state index contributed by atoms with van der Waals surface area (Å²) in [5.41, 5.74) is 0.857. The van der Waals surface area contributed by atoms with E-state index in [1.54, 1.807) is 27.2 Å². The summed E-state index contributed by atoms with van der Waals surface area (Å²) in [4.78, 5) is 11.8. The number of rotatable bonds is 13. The Morgan fingerprint density at radius 3 is 2.12 bits per heavy atom. The number of hydrogen-bond acceptors (Lipinski definition) is 8. The highest BCUT2D eigenvalue weighted by atomic mass is 28.4. The number of aliphatic hydroxyl groups excluding tert-OH is 2. The van der Waals surface area contributed by atoms with Crippen molar-refractivity contribution in [2.24, 2.45) is 11.8 Å². The second-order valence-electron chi connectivity index (χ2n) is 10.3. The van der Waals surface area contributed by atoms with Crippen LogP contribution in [0, 0.1) is 11.8 Å². The van der Waals surface area contributed by atoms with Crippen molar-refractivity contribution < 1.29 is 38.4 Å². The Kier molecular flexibility index (Phi) is 11.5. The highest BCUT2D eigenvalue weighted by Crippen LogP contribution is 2.37. The predicted octanol–water partition coefficient (Wildman–Crippen LogP) is 3.78. The first kappa shape index (κ1) is 30.4. The van der Waals surface area contributed by atoms with Crippen LogP contribution < -0.4 is 9.47 Å². The SMILES string of the molecule is COC(=O)[C@@H](O)[C@H](O)[C@H](C)[C@@H](OCc1ccc(OC)c(OC)c1)[C@H](C)CO[Si](C)(C)C(C)(C)C. The first-order valence-corrected chi connectivity index (χ1v) is 14.5. The van der Waals surface area contributed by atoms with Gasteiger partial charge >= 0.3 is 5.97 Å². The van der Waals surface area contributed by atoms with E-state index >= 15 is 0 Å². The topological polar surface area (TPSA) is 104 Å². The van der Waals surface area contributed by atoms with E-state index in [0.717, 1.165) is 5.56 Å². The molecule has 1 rings (SSSR count). The molecule has 196 valence electrons. The summed E-state index contributed by atoms with van der Waals surface area (Å²) in [6.45, 7) is 15.3. The van der Waals surface area contributed by atoms with Crippen LogP contribution in [-0.4, -0.2) is 70.7 Å². The molecule has 0 aliphatic heterocycles. The summed E-state index contributed by atoms with van der Waals surface area (Å²) in [6, 6.07) is 5.51. The number of hydrogen-bond donors (Lipinski definition) is 2. The molecule has 0 radical (unpaired) electrons. The molecule has 0 aliphatic rings. The minimum absolute atomic E-state index is 0.0505. The molecular weight excluding hydrogens is 456 g/mol. The van der Waals surface area contributed by atoms with E-state index in [1.165, 1.54) is 7.11 Å². The van der Waals surface area contributed by atoms with Crippen LogP contribution in [0.5, 0.6) is 11.5 Å².